The number of hydrogen-bond acceptors (Lipinski definition) is 3. The Balaban J connectivity index is 1.70. The van der Waals surface area contributed by atoms with E-state index in [4.69, 9.17) is 0 Å². The van der Waals surface area contributed by atoms with Crippen LogP contribution in [0.4, 0.5) is 23.2 Å². The van der Waals surface area contributed by atoms with Crippen LogP contribution in [0.1, 0.15) is 17.0 Å². The minimum atomic E-state index is -1.76. The fourth-order valence-corrected chi connectivity index (χ4v) is 2.87. The zero-order valence-corrected chi connectivity index (χ0v) is 16.3. The number of benzene rings is 1. The molecule has 148 valence electrons. The smallest absolute Gasteiger partial charge is 0.246 e. The van der Waals surface area contributed by atoms with Gasteiger partial charge in [0.2, 0.25) is 5.91 Å². The summed E-state index contributed by atoms with van der Waals surface area (Å²) in [5.74, 6) is -6.60. The van der Waals surface area contributed by atoms with Crippen LogP contribution >= 0.6 is 15.9 Å². The number of anilines is 1. The molecule has 1 amide bonds. The maximum absolute atomic E-state index is 13.8. The molecule has 0 aliphatic carbocycles. The Kier molecular flexibility index (Phi) is 5.54. The van der Waals surface area contributed by atoms with Crippen LogP contribution in [0.25, 0.3) is 0 Å². The van der Waals surface area contributed by atoms with Gasteiger partial charge in [0.05, 0.1) is 34.3 Å². The minimum Gasteiger partial charge on any atom is -0.322 e. The Morgan fingerprint density at radius 1 is 1.18 bits per heavy atom. The van der Waals surface area contributed by atoms with Crippen LogP contribution in [0.3, 0.4) is 0 Å². The van der Waals surface area contributed by atoms with E-state index in [0.29, 0.717) is 0 Å². The Bertz CT molecular complexity index is 1060. The largest absolute Gasteiger partial charge is 0.322 e. The number of hydrogen-bond donors (Lipinski definition) is 1. The Morgan fingerprint density at radius 2 is 1.89 bits per heavy atom. The molecular weight excluding hydrogens is 446 g/mol. The average molecular weight is 460 g/mol. The molecule has 0 saturated carbocycles. The monoisotopic (exact) mass is 459 g/mol. The molecule has 0 atom stereocenters. The van der Waals surface area contributed by atoms with Crippen LogP contribution in [0.5, 0.6) is 0 Å². The molecule has 11 heteroatoms. The van der Waals surface area contributed by atoms with Crippen molar-refractivity contribution in [2.45, 2.75) is 26.9 Å². The van der Waals surface area contributed by atoms with Gasteiger partial charge in [-0.05, 0) is 29.8 Å². The normalized spacial score (nSPS) is 11.1. The van der Waals surface area contributed by atoms with Gasteiger partial charge in [0.1, 0.15) is 12.4 Å². The van der Waals surface area contributed by atoms with E-state index >= 15 is 0 Å². The summed E-state index contributed by atoms with van der Waals surface area (Å²) in [6.45, 7) is 3.08. The number of carbonyl (C=O) groups is 1. The van der Waals surface area contributed by atoms with E-state index in [0.717, 1.165) is 20.5 Å². The molecule has 1 N–H and O–H groups in total. The Morgan fingerprint density at radius 3 is 2.54 bits per heavy atom. The van der Waals surface area contributed by atoms with Crippen molar-refractivity contribution in [2.75, 3.05) is 5.32 Å². The molecule has 0 bridgehead atoms. The molecule has 0 unspecified atom stereocenters. The molecule has 28 heavy (non-hydrogen) atoms. The highest BCUT2D eigenvalue weighted by molar-refractivity contribution is 9.10. The first-order chi connectivity index (χ1) is 13.2. The summed E-state index contributed by atoms with van der Waals surface area (Å²) in [6, 6.07) is 0.270. The first-order valence-electron chi connectivity index (χ1n) is 8.01. The van der Waals surface area contributed by atoms with Gasteiger partial charge in [-0.3, -0.25) is 14.2 Å². The van der Waals surface area contributed by atoms with E-state index in [1.165, 1.54) is 17.1 Å². The maximum atomic E-state index is 13.8. The molecule has 3 aromatic rings. The molecule has 3 rings (SSSR count). The summed E-state index contributed by atoms with van der Waals surface area (Å²) >= 11 is 3.37. The van der Waals surface area contributed by atoms with Crippen LogP contribution in [-0.4, -0.2) is 25.5 Å². The molecule has 0 aliphatic heterocycles. The number of nitrogens with one attached hydrogen (secondary N) is 1. The molecule has 0 aliphatic rings. The van der Waals surface area contributed by atoms with Gasteiger partial charge in [-0.2, -0.15) is 10.2 Å². The van der Waals surface area contributed by atoms with Crippen LogP contribution in [0.2, 0.25) is 0 Å². The van der Waals surface area contributed by atoms with Crippen molar-refractivity contribution in [3.8, 4) is 0 Å². The van der Waals surface area contributed by atoms with E-state index in [-0.39, 0.29) is 24.2 Å². The highest BCUT2D eigenvalue weighted by Gasteiger charge is 2.20. The molecular formula is C17H14BrF4N5O. The molecule has 1 aromatic carbocycles. The quantitative estimate of drug-likeness (QED) is 0.359. The van der Waals surface area contributed by atoms with Gasteiger partial charge in [0.25, 0.3) is 0 Å². The predicted molar refractivity (Wildman–Crippen MR) is 95.6 cm³/mol. The van der Waals surface area contributed by atoms with Crippen LogP contribution < -0.4 is 5.32 Å². The molecule has 0 fully saturated rings. The minimum absolute atomic E-state index is 0.0458. The van der Waals surface area contributed by atoms with Crippen LogP contribution in [0.15, 0.2) is 22.9 Å². The molecule has 0 saturated heterocycles. The summed E-state index contributed by atoms with van der Waals surface area (Å²) in [7, 11) is 0. The molecule has 6 nitrogen and oxygen atoms in total. The van der Waals surface area contributed by atoms with Gasteiger partial charge in [-0.15, -0.1) is 0 Å². The number of rotatable bonds is 5. The fourth-order valence-electron chi connectivity index (χ4n) is 2.59. The third-order valence-corrected chi connectivity index (χ3v) is 5.18. The van der Waals surface area contributed by atoms with E-state index < -0.39 is 35.4 Å². The zero-order valence-electron chi connectivity index (χ0n) is 14.7. The number of nitrogens with zero attached hydrogens (tertiary/aromatic N) is 4. The van der Waals surface area contributed by atoms with E-state index in [1.807, 2.05) is 0 Å². The van der Waals surface area contributed by atoms with Gasteiger partial charge in [-0.25, -0.2) is 17.6 Å². The number of halogens is 5. The standard InChI is InChI=1S/C17H14BrF4N5O/c1-8-15(18)9(2)27(25-8)7-14(28)24-10-4-23-26(5-10)6-11-12(19)3-13(20)17(22)16(11)21/h3-5H,6-7H2,1-2H3,(H,24,28). The van der Waals surface area contributed by atoms with E-state index in [9.17, 15) is 22.4 Å². The van der Waals surface area contributed by atoms with Crippen molar-refractivity contribution in [1.29, 1.82) is 0 Å². The van der Waals surface area contributed by atoms with Crippen LogP contribution in [-0.2, 0) is 17.9 Å². The predicted octanol–water partition coefficient (Wildman–Crippen LogP) is 3.70. The van der Waals surface area contributed by atoms with Gasteiger partial charge in [0, 0.05) is 17.8 Å². The second-order valence-electron chi connectivity index (χ2n) is 6.06. The van der Waals surface area contributed by atoms with Crippen molar-refractivity contribution >= 4 is 27.5 Å². The fraction of sp³-hybridized carbons (Fsp3) is 0.235. The summed E-state index contributed by atoms with van der Waals surface area (Å²) < 4.78 is 57.2. The molecule has 2 heterocycles. The van der Waals surface area contributed by atoms with E-state index in [2.05, 4.69) is 31.4 Å². The van der Waals surface area contributed by atoms with Crippen molar-refractivity contribution in [1.82, 2.24) is 19.6 Å². The first kappa shape index (κ1) is 20.1. The number of aromatic nitrogens is 4. The van der Waals surface area contributed by atoms with E-state index in [1.54, 1.807) is 13.8 Å². The van der Waals surface area contributed by atoms with Gasteiger partial charge in [-0.1, -0.05) is 0 Å². The third kappa shape index (κ3) is 3.93. The lowest BCUT2D eigenvalue weighted by molar-refractivity contribution is -0.116. The Labute approximate surface area is 165 Å². The van der Waals surface area contributed by atoms with Gasteiger partial charge in [0.15, 0.2) is 17.5 Å². The lowest BCUT2D eigenvalue weighted by atomic mass is 10.2. The average Bonchev–Trinajstić information content (AvgIpc) is 3.17. The number of amides is 1. The maximum Gasteiger partial charge on any atom is 0.246 e. The number of carbonyl (C=O) groups excluding carboxylic acids is 1. The molecule has 0 spiro atoms. The zero-order chi connectivity index (χ0) is 20.6. The lowest BCUT2D eigenvalue weighted by Crippen LogP contribution is -2.20. The second kappa shape index (κ2) is 7.74. The third-order valence-electron chi connectivity index (χ3n) is 4.03. The van der Waals surface area contributed by atoms with Crippen molar-refractivity contribution in [3.63, 3.8) is 0 Å². The molecule has 0 radical (unpaired) electrons. The van der Waals surface area contributed by atoms with Crippen molar-refractivity contribution < 1.29 is 22.4 Å². The Hall–Kier alpha value is -2.69. The van der Waals surface area contributed by atoms with Crippen LogP contribution in [0, 0.1) is 37.1 Å². The summed E-state index contributed by atoms with van der Waals surface area (Å²) in [5, 5.41) is 10.7. The number of aryl methyl sites for hydroxylation is 1. The summed E-state index contributed by atoms with van der Waals surface area (Å²) in [6.07, 6.45) is 2.58. The SMILES string of the molecule is Cc1nn(CC(=O)Nc2cnn(Cc3c(F)cc(F)c(F)c3F)c2)c(C)c1Br. The lowest BCUT2D eigenvalue weighted by Gasteiger charge is -2.07. The highest BCUT2D eigenvalue weighted by atomic mass is 79.9. The second-order valence-corrected chi connectivity index (χ2v) is 6.86. The molecule has 2 aromatic heterocycles. The highest BCUT2D eigenvalue weighted by Crippen LogP contribution is 2.21. The summed E-state index contributed by atoms with van der Waals surface area (Å²) in [4.78, 5) is 12.2. The van der Waals surface area contributed by atoms with Crippen molar-refractivity contribution in [3.05, 3.63) is 63.2 Å². The van der Waals surface area contributed by atoms with Gasteiger partial charge < -0.3 is 5.32 Å². The van der Waals surface area contributed by atoms with Crippen molar-refractivity contribution in [2.24, 2.45) is 0 Å². The first-order valence-corrected chi connectivity index (χ1v) is 8.80. The van der Waals surface area contributed by atoms with Gasteiger partial charge >= 0.3 is 0 Å². The summed E-state index contributed by atoms with van der Waals surface area (Å²) in [5.41, 5.74) is 1.13. The topological polar surface area (TPSA) is 64.7 Å².